The van der Waals surface area contributed by atoms with Crippen molar-refractivity contribution in [3.05, 3.63) is 0 Å². The van der Waals surface area contributed by atoms with Gasteiger partial charge in [-0.05, 0) is 4.57 Å². The minimum absolute atomic E-state index is 2.18. The van der Waals surface area contributed by atoms with Crippen LogP contribution in [0.5, 0.6) is 0 Å². The molecule has 0 aromatic carbocycles. The summed E-state index contributed by atoms with van der Waals surface area (Å²) in [5, 5.41) is 0. The summed E-state index contributed by atoms with van der Waals surface area (Å²) in [5.74, 6) is 0. The molecule has 0 bridgehead atoms. The second kappa shape index (κ2) is 5.32. The highest BCUT2D eigenvalue weighted by atomic mass is 32.7. The monoisotopic (exact) mass is 195 g/mol. The Morgan fingerprint density at radius 1 is 1.33 bits per heavy atom. The SMILES string of the molecule is O=P(O)(O)O.O=[P+](O)S. The predicted octanol–water partition coefficient (Wildman–Crippen LogP) is -0.363. The third-order valence-electron chi connectivity index (χ3n) is 0. The van der Waals surface area contributed by atoms with E-state index in [0.29, 0.717) is 0 Å². The first kappa shape index (κ1) is 12.2. The summed E-state index contributed by atoms with van der Waals surface area (Å²) >= 11 is 3.03. The van der Waals surface area contributed by atoms with Gasteiger partial charge in [0.05, 0.1) is 0 Å². The minimum Gasteiger partial charge on any atom is -0.303 e. The molecule has 0 fully saturated rings. The molecule has 0 aliphatic heterocycles. The Kier molecular flexibility index (Phi) is 7.22. The molecule has 6 nitrogen and oxygen atoms in total. The Morgan fingerprint density at radius 3 is 1.33 bits per heavy atom. The van der Waals surface area contributed by atoms with E-state index in [-0.39, 0.29) is 0 Å². The van der Waals surface area contributed by atoms with Crippen molar-refractivity contribution in [3.63, 3.8) is 0 Å². The van der Waals surface area contributed by atoms with Crippen molar-refractivity contribution in [3.8, 4) is 0 Å². The molecule has 1 unspecified atom stereocenters. The van der Waals surface area contributed by atoms with Crippen molar-refractivity contribution in [1.82, 2.24) is 0 Å². The summed E-state index contributed by atoms with van der Waals surface area (Å²) in [6, 6.07) is 0. The highest BCUT2D eigenvalue weighted by Gasteiger charge is 2.00. The lowest BCUT2D eigenvalue weighted by Gasteiger charge is -1.82. The maximum Gasteiger partial charge on any atom is 0.579 e. The maximum atomic E-state index is 9.01. The standard InChI is InChI=1S/H3O4P.HO2PS/c1-5(2,3)4;1-3(2)4/h(H3,1,2,3,4);(H-,1,2,4)/p+1. The topological polar surface area (TPSA) is 115 Å². The van der Waals surface area contributed by atoms with Crippen molar-refractivity contribution in [2.24, 2.45) is 0 Å². The highest BCUT2D eigenvalue weighted by molar-refractivity contribution is 8.38. The largest absolute Gasteiger partial charge is 0.579 e. The van der Waals surface area contributed by atoms with Gasteiger partial charge in [0.1, 0.15) is 12.2 Å². The summed E-state index contributed by atoms with van der Waals surface area (Å²) in [7, 11) is -6.81. The molecule has 1 atom stereocenters. The number of thiol groups is 1. The van der Waals surface area contributed by atoms with E-state index in [1.165, 1.54) is 0 Å². The fourth-order valence-corrected chi connectivity index (χ4v) is 0. The van der Waals surface area contributed by atoms with Gasteiger partial charge in [-0.3, -0.25) is 0 Å². The van der Waals surface area contributed by atoms with Gasteiger partial charge in [0, 0.05) is 0 Å². The summed E-state index contributed by atoms with van der Waals surface area (Å²) in [5.41, 5.74) is 0. The third-order valence-corrected chi connectivity index (χ3v) is 0. The molecule has 0 radical (unpaired) electrons. The van der Waals surface area contributed by atoms with E-state index in [9.17, 15) is 0 Å². The first-order valence-corrected chi connectivity index (χ1v) is 5.30. The lowest BCUT2D eigenvalue weighted by molar-refractivity contribution is 0.275. The van der Waals surface area contributed by atoms with Crippen molar-refractivity contribution in [2.45, 2.75) is 0 Å². The average Bonchev–Trinajstić information content (AvgIpc) is 1.19. The van der Waals surface area contributed by atoms with Gasteiger partial charge in [-0.25, -0.2) is 4.57 Å². The van der Waals surface area contributed by atoms with Crippen LogP contribution in [0, 0.1) is 0 Å². The van der Waals surface area contributed by atoms with Gasteiger partial charge in [0.25, 0.3) is 0 Å². The zero-order valence-corrected chi connectivity index (χ0v) is 6.63. The Bertz CT molecular complexity index is 111. The molecule has 0 saturated carbocycles. The molecule has 4 N–H and O–H groups in total. The smallest absolute Gasteiger partial charge is 0.303 e. The van der Waals surface area contributed by atoms with E-state index < -0.39 is 15.1 Å². The van der Waals surface area contributed by atoms with E-state index in [4.69, 9.17) is 28.7 Å². The molecule has 9 heteroatoms. The lowest BCUT2D eigenvalue weighted by Crippen LogP contribution is -1.66. The number of hydrogen-bond acceptors (Lipinski definition) is 2. The zero-order chi connectivity index (χ0) is 8.08. The number of hydrogen-bond donors (Lipinski definition) is 5. The molecule has 0 spiro atoms. The first-order valence-electron chi connectivity index (χ1n) is 1.37. The number of phosphoric acid groups is 1. The van der Waals surface area contributed by atoms with Crippen molar-refractivity contribution in [1.29, 1.82) is 0 Å². The normalized spacial score (nSPS) is 11.4. The van der Waals surface area contributed by atoms with Crippen molar-refractivity contribution < 1.29 is 28.7 Å². The van der Waals surface area contributed by atoms with Crippen LogP contribution in [0.2, 0.25) is 0 Å². The van der Waals surface area contributed by atoms with Crippen LogP contribution in [0.15, 0.2) is 0 Å². The molecular weight excluding hydrogens is 190 g/mol. The molecule has 0 aromatic heterocycles. The van der Waals surface area contributed by atoms with Crippen LogP contribution in [0.1, 0.15) is 0 Å². The highest BCUT2D eigenvalue weighted by Crippen LogP contribution is 2.25. The van der Waals surface area contributed by atoms with Crippen LogP contribution in [-0.2, 0) is 9.13 Å². The van der Waals surface area contributed by atoms with Crippen LogP contribution in [0.3, 0.4) is 0 Å². The molecule has 0 amide bonds. The zero-order valence-electron chi connectivity index (χ0n) is 3.95. The fraction of sp³-hybridized carbons (Fsp3) is 0. The van der Waals surface area contributed by atoms with Crippen LogP contribution in [0.4, 0.5) is 0 Å². The average molecular weight is 195 g/mol. The molecule has 56 valence electrons. The predicted molar refractivity (Wildman–Crippen MR) is 33.1 cm³/mol. The number of rotatable bonds is 0. The van der Waals surface area contributed by atoms with Crippen molar-refractivity contribution in [2.75, 3.05) is 0 Å². The molecule has 0 aliphatic rings. The maximum absolute atomic E-state index is 9.01. The molecular formula is H5O6P2S+. The Balaban J connectivity index is 0. The third kappa shape index (κ3) is 1340. The van der Waals surface area contributed by atoms with E-state index in [0.717, 1.165) is 0 Å². The summed E-state index contributed by atoms with van der Waals surface area (Å²) in [6.07, 6.45) is 0. The van der Waals surface area contributed by atoms with Gasteiger partial charge in [-0.15, -0.1) is 0 Å². The van der Waals surface area contributed by atoms with Gasteiger partial charge >= 0.3 is 15.1 Å². The Morgan fingerprint density at radius 2 is 1.33 bits per heavy atom. The molecule has 0 aromatic rings. The lowest BCUT2D eigenvalue weighted by atomic mass is 15.8. The molecule has 0 rings (SSSR count). The van der Waals surface area contributed by atoms with Crippen molar-refractivity contribution >= 4 is 27.3 Å². The minimum atomic E-state index is -4.64. The van der Waals surface area contributed by atoms with Crippen LogP contribution in [0.25, 0.3) is 0 Å². The molecule has 0 heterocycles. The van der Waals surface area contributed by atoms with Gasteiger partial charge in [0.2, 0.25) is 0 Å². The van der Waals surface area contributed by atoms with E-state index >= 15 is 0 Å². The Hall–Kier alpha value is 0.520. The first-order chi connectivity index (χ1) is 3.73. The molecule has 0 aliphatic carbocycles. The molecule has 0 saturated heterocycles. The summed E-state index contributed by atoms with van der Waals surface area (Å²) in [4.78, 5) is 29.0. The second-order valence-corrected chi connectivity index (χ2v) is 3.32. The molecule has 9 heavy (non-hydrogen) atoms. The van der Waals surface area contributed by atoms with Crippen LogP contribution >= 0.6 is 27.3 Å². The van der Waals surface area contributed by atoms with Gasteiger partial charge in [-0.1, -0.05) is 0 Å². The van der Waals surface area contributed by atoms with E-state index in [2.05, 4.69) is 12.2 Å². The van der Waals surface area contributed by atoms with E-state index in [1.54, 1.807) is 0 Å². The Labute approximate surface area is 56.8 Å². The summed E-state index contributed by atoms with van der Waals surface area (Å²) in [6.45, 7) is 0. The second-order valence-electron chi connectivity index (χ2n) is 0.766. The van der Waals surface area contributed by atoms with Gasteiger partial charge in [0.15, 0.2) is 0 Å². The van der Waals surface area contributed by atoms with Crippen LogP contribution < -0.4 is 0 Å². The van der Waals surface area contributed by atoms with E-state index in [1.807, 2.05) is 0 Å². The quantitative estimate of drug-likeness (QED) is 0.266. The summed E-state index contributed by atoms with van der Waals surface area (Å²) < 4.78 is 17.9. The van der Waals surface area contributed by atoms with Gasteiger partial charge < -0.3 is 14.7 Å². The van der Waals surface area contributed by atoms with Gasteiger partial charge in [-0.2, -0.15) is 4.89 Å². The van der Waals surface area contributed by atoms with Crippen LogP contribution in [-0.4, -0.2) is 19.6 Å². The fourth-order valence-electron chi connectivity index (χ4n) is 0.